The van der Waals surface area contributed by atoms with Gasteiger partial charge < -0.3 is 15.0 Å². The van der Waals surface area contributed by atoms with Gasteiger partial charge in [0, 0.05) is 19.1 Å². The van der Waals surface area contributed by atoms with Crippen LogP contribution in [0.15, 0.2) is 30.3 Å². The second-order valence-electron chi connectivity index (χ2n) is 4.58. The minimum Gasteiger partial charge on any atom is -0.484 e. The Bertz CT molecular complexity index is 381. The van der Waals surface area contributed by atoms with Crippen LogP contribution in [-0.4, -0.2) is 43.1 Å². The number of amides is 1. The van der Waals surface area contributed by atoms with E-state index in [4.69, 9.17) is 4.74 Å². The molecule has 1 heterocycles. The highest BCUT2D eigenvalue weighted by Crippen LogP contribution is 2.10. The van der Waals surface area contributed by atoms with E-state index in [2.05, 4.69) is 12.2 Å². The molecule has 0 spiro atoms. The van der Waals surface area contributed by atoms with E-state index < -0.39 is 0 Å². The smallest absolute Gasteiger partial charge is 0.260 e. The second-order valence-corrected chi connectivity index (χ2v) is 4.58. The first-order chi connectivity index (χ1) is 8.77. The van der Waals surface area contributed by atoms with Crippen molar-refractivity contribution >= 4 is 5.91 Å². The normalized spacial score (nSPS) is 20.3. The summed E-state index contributed by atoms with van der Waals surface area (Å²) in [4.78, 5) is 14.0. The van der Waals surface area contributed by atoms with Gasteiger partial charge in [0.15, 0.2) is 6.61 Å². The number of benzene rings is 1. The molecule has 1 aliphatic heterocycles. The fraction of sp³-hybridized carbons (Fsp3) is 0.500. The molecule has 1 aromatic rings. The maximum atomic E-state index is 12.1. The molecular weight excluding hydrogens is 228 g/mol. The zero-order chi connectivity index (χ0) is 12.8. The Morgan fingerprint density at radius 2 is 2.17 bits per heavy atom. The third-order valence-electron chi connectivity index (χ3n) is 3.23. The molecule has 98 valence electrons. The minimum atomic E-state index is 0.0649. The fourth-order valence-electron chi connectivity index (χ4n) is 2.13. The first-order valence-corrected chi connectivity index (χ1v) is 6.45. The number of carbonyl (C=O) groups is 1. The van der Waals surface area contributed by atoms with E-state index in [-0.39, 0.29) is 18.6 Å². The number of nitrogens with zero attached hydrogens (tertiary/aromatic N) is 1. The molecule has 0 saturated carbocycles. The van der Waals surface area contributed by atoms with Crippen molar-refractivity contribution in [3.8, 4) is 5.75 Å². The first-order valence-electron chi connectivity index (χ1n) is 6.45. The van der Waals surface area contributed by atoms with Crippen molar-refractivity contribution in [3.05, 3.63) is 30.3 Å². The van der Waals surface area contributed by atoms with Crippen LogP contribution < -0.4 is 10.1 Å². The molecule has 2 rings (SSSR count). The summed E-state index contributed by atoms with van der Waals surface area (Å²) in [6.45, 7) is 4.81. The van der Waals surface area contributed by atoms with Crippen LogP contribution in [0, 0.1) is 0 Å². The lowest BCUT2D eigenvalue weighted by molar-refractivity contribution is -0.135. The topological polar surface area (TPSA) is 41.6 Å². The number of para-hydroxylation sites is 1. The van der Waals surface area contributed by atoms with Crippen LogP contribution >= 0.6 is 0 Å². The lowest BCUT2D eigenvalue weighted by atomic mass is 10.2. The molecule has 1 unspecified atom stereocenters. The number of ether oxygens (including phenoxy) is 1. The predicted molar refractivity (Wildman–Crippen MR) is 70.6 cm³/mol. The number of hydrogen-bond acceptors (Lipinski definition) is 3. The molecule has 0 radical (unpaired) electrons. The van der Waals surface area contributed by atoms with Crippen molar-refractivity contribution in [1.82, 2.24) is 10.2 Å². The summed E-state index contributed by atoms with van der Waals surface area (Å²) in [6.07, 6.45) is 0.997. The van der Waals surface area contributed by atoms with Crippen LogP contribution in [0.1, 0.15) is 13.3 Å². The molecule has 1 fully saturated rings. The summed E-state index contributed by atoms with van der Waals surface area (Å²) in [5.41, 5.74) is 0. The Labute approximate surface area is 108 Å². The van der Waals surface area contributed by atoms with Crippen LogP contribution in [0.2, 0.25) is 0 Å². The molecular formula is C14H20N2O2. The van der Waals surface area contributed by atoms with Gasteiger partial charge in [0.25, 0.3) is 5.91 Å². The summed E-state index contributed by atoms with van der Waals surface area (Å²) in [5, 5.41) is 3.30. The van der Waals surface area contributed by atoms with Gasteiger partial charge in [-0.1, -0.05) is 18.2 Å². The van der Waals surface area contributed by atoms with Crippen molar-refractivity contribution in [1.29, 1.82) is 0 Å². The SMILES string of the molecule is CC1CCNCCN1C(=O)COc1ccccc1. The van der Waals surface area contributed by atoms with Crippen molar-refractivity contribution < 1.29 is 9.53 Å². The summed E-state index contributed by atoms with van der Waals surface area (Å²) >= 11 is 0. The first kappa shape index (κ1) is 12.9. The molecule has 0 bridgehead atoms. The second kappa shape index (κ2) is 6.40. The van der Waals surface area contributed by atoms with E-state index in [1.165, 1.54) is 0 Å². The summed E-state index contributed by atoms with van der Waals surface area (Å²) < 4.78 is 5.50. The predicted octanol–water partition coefficient (Wildman–Crippen LogP) is 1.28. The zero-order valence-corrected chi connectivity index (χ0v) is 10.8. The fourth-order valence-corrected chi connectivity index (χ4v) is 2.13. The highest BCUT2D eigenvalue weighted by atomic mass is 16.5. The molecule has 0 aromatic heterocycles. The lowest BCUT2D eigenvalue weighted by Crippen LogP contribution is -2.42. The number of rotatable bonds is 3. The van der Waals surface area contributed by atoms with E-state index in [0.29, 0.717) is 0 Å². The van der Waals surface area contributed by atoms with Gasteiger partial charge in [-0.3, -0.25) is 4.79 Å². The van der Waals surface area contributed by atoms with Crippen LogP contribution in [0.3, 0.4) is 0 Å². The van der Waals surface area contributed by atoms with E-state index in [0.717, 1.165) is 31.8 Å². The van der Waals surface area contributed by atoms with E-state index >= 15 is 0 Å². The zero-order valence-electron chi connectivity index (χ0n) is 10.8. The maximum Gasteiger partial charge on any atom is 0.260 e. The van der Waals surface area contributed by atoms with Gasteiger partial charge in [-0.15, -0.1) is 0 Å². The number of hydrogen-bond donors (Lipinski definition) is 1. The number of carbonyl (C=O) groups excluding carboxylic acids is 1. The van der Waals surface area contributed by atoms with E-state index in [1.54, 1.807) is 0 Å². The Morgan fingerprint density at radius 1 is 1.39 bits per heavy atom. The Morgan fingerprint density at radius 3 is 2.94 bits per heavy atom. The highest BCUT2D eigenvalue weighted by molar-refractivity contribution is 5.78. The molecule has 1 saturated heterocycles. The minimum absolute atomic E-state index is 0.0649. The molecule has 1 N–H and O–H groups in total. The largest absolute Gasteiger partial charge is 0.484 e. The Balaban J connectivity index is 1.87. The third kappa shape index (κ3) is 3.47. The molecule has 4 nitrogen and oxygen atoms in total. The average Bonchev–Trinajstić information content (AvgIpc) is 2.62. The summed E-state index contributed by atoms with van der Waals surface area (Å²) in [6, 6.07) is 9.74. The van der Waals surface area contributed by atoms with Gasteiger partial charge in [0.05, 0.1) is 0 Å². The van der Waals surface area contributed by atoms with Crippen molar-refractivity contribution in [2.24, 2.45) is 0 Å². The van der Waals surface area contributed by atoms with Gasteiger partial charge in [0.2, 0.25) is 0 Å². The van der Waals surface area contributed by atoms with Gasteiger partial charge in [-0.05, 0) is 32.0 Å². The molecule has 0 aliphatic carbocycles. The molecule has 4 heteroatoms. The highest BCUT2D eigenvalue weighted by Gasteiger charge is 2.21. The molecule has 1 amide bonds. The molecule has 1 aromatic carbocycles. The van der Waals surface area contributed by atoms with Gasteiger partial charge in [0.1, 0.15) is 5.75 Å². The Hall–Kier alpha value is -1.55. The van der Waals surface area contributed by atoms with E-state index in [9.17, 15) is 4.79 Å². The standard InChI is InChI=1S/C14H20N2O2/c1-12-7-8-15-9-10-16(12)14(17)11-18-13-5-3-2-4-6-13/h2-6,12,15H,7-11H2,1H3. The summed E-state index contributed by atoms with van der Waals surface area (Å²) in [7, 11) is 0. The molecule has 18 heavy (non-hydrogen) atoms. The van der Waals surface area contributed by atoms with Crippen LogP contribution in [0.5, 0.6) is 5.75 Å². The van der Waals surface area contributed by atoms with Crippen LogP contribution in [-0.2, 0) is 4.79 Å². The molecule has 1 aliphatic rings. The van der Waals surface area contributed by atoms with Crippen LogP contribution in [0.25, 0.3) is 0 Å². The average molecular weight is 248 g/mol. The summed E-state index contributed by atoms with van der Waals surface area (Å²) in [5.74, 6) is 0.807. The van der Waals surface area contributed by atoms with Crippen molar-refractivity contribution in [2.45, 2.75) is 19.4 Å². The van der Waals surface area contributed by atoms with Crippen LogP contribution in [0.4, 0.5) is 0 Å². The molecule has 1 atom stereocenters. The van der Waals surface area contributed by atoms with Gasteiger partial charge in [-0.25, -0.2) is 0 Å². The monoisotopic (exact) mass is 248 g/mol. The van der Waals surface area contributed by atoms with Gasteiger partial charge in [-0.2, -0.15) is 0 Å². The van der Waals surface area contributed by atoms with Gasteiger partial charge >= 0.3 is 0 Å². The number of nitrogens with one attached hydrogen (secondary N) is 1. The lowest BCUT2D eigenvalue weighted by Gasteiger charge is -2.26. The van der Waals surface area contributed by atoms with Crippen molar-refractivity contribution in [2.75, 3.05) is 26.2 Å². The Kier molecular flexibility index (Phi) is 4.59. The quantitative estimate of drug-likeness (QED) is 0.876. The third-order valence-corrected chi connectivity index (χ3v) is 3.23. The maximum absolute atomic E-state index is 12.1. The van der Waals surface area contributed by atoms with E-state index in [1.807, 2.05) is 35.2 Å². The van der Waals surface area contributed by atoms with Crippen molar-refractivity contribution in [3.63, 3.8) is 0 Å².